The van der Waals surface area contributed by atoms with Gasteiger partial charge in [0.2, 0.25) is 5.91 Å². The van der Waals surface area contributed by atoms with Crippen molar-refractivity contribution >= 4 is 29.5 Å². The van der Waals surface area contributed by atoms with Gasteiger partial charge < -0.3 is 14.8 Å². The predicted molar refractivity (Wildman–Crippen MR) is 91.5 cm³/mol. The summed E-state index contributed by atoms with van der Waals surface area (Å²) in [5, 5.41) is 3.25. The van der Waals surface area contributed by atoms with Crippen molar-refractivity contribution in [3.63, 3.8) is 0 Å². The van der Waals surface area contributed by atoms with Crippen molar-refractivity contribution in [3.05, 3.63) is 27.2 Å². The summed E-state index contributed by atoms with van der Waals surface area (Å²) in [6.45, 7) is 3.60. The fourth-order valence-electron chi connectivity index (χ4n) is 2.93. The number of halogens is 1. The van der Waals surface area contributed by atoms with Crippen LogP contribution in [0, 0.1) is 0 Å². The Hall–Kier alpha value is -2.13. The molecule has 0 spiro atoms. The Morgan fingerprint density at radius 2 is 2.08 bits per heavy atom. The van der Waals surface area contributed by atoms with Gasteiger partial charge in [-0.25, -0.2) is 14.3 Å². The Bertz CT molecular complexity index is 883. The minimum absolute atomic E-state index is 0. The van der Waals surface area contributed by atoms with E-state index in [0.717, 1.165) is 4.57 Å². The van der Waals surface area contributed by atoms with Gasteiger partial charge in [-0.15, -0.1) is 12.4 Å². The Kier molecular flexibility index (Phi) is 5.14. The summed E-state index contributed by atoms with van der Waals surface area (Å²) in [5.41, 5.74) is -0.382. The summed E-state index contributed by atoms with van der Waals surface area (Å²) >= 11 is 0. The number of nitrogens with one attached hydrogen (secondary N) is 1. The maximum absolute atomic E-state index is 12.6. The number of rotatable bonds is 2. The van der Waals surface area contributed by atoms with E-state index in [0.29, 0.717) is 30.8 Å². The van der Waals surface area contributed by atoms with Crippen molar-refractivity contribution in [1.82, 2.24) is 28.9 Å². The van der Waals surface area contributed by atoms with Gasteiger partial charge in [0.05, 0.1) is 6.33 Å². The second-order valence-corrected chi connectivity index (χ2v) is 5.96. The zero-order valence-electron chi connectivity index (χ0n) is 13.9. The molecule has 0 bridgehead atoms. The standard InChI is InChI=1S/C14H20N6O3.ClH/c1-9-6-19(5-4-15-9)10(21)7-20-13(22)11-12(16-8-17(11)2)18(3)14(20)23;/h8-9,15H,4-7H2,1-3H3;1H. The number of hydrogen-bond acceptors (Lipinski definition) is 5. The van der Waals surface area contributed by atoms with Crippen LogP contribution >= 0.6 is 12.4 Å². The molecule has 1 atom stereocenters. The normalized spacial score (nSPS) is 17.8. The second kappa shape index (κ2) is 6.78. The van der Waals surface area contributed by atoms with Gasteiger partial charge in [0, 0.05) is 39.8 Å². The lowest BCUT2D eigenvalue weighted by Gasteiger charge is -2.32. The van der Waals surface area contributed by atoms with E-state index >= 15 is 0 Å². The first-order valence-corrected chi connectivity index (χ1v) is 7.52. The molecule has 1 fully saturated rings. The van der Waals surface area contributed by atoms with E-state index < -0.39 is 11.2 Å². The van der Waals surface area contributed by atoms with Gasteiger partial charge in [-0.3, -0.25) is 14.2 Å². The van der Waals surface area contributed by atoms with Crippen LogP contribution in [0.5, 0.6) is 0 Å². The molecule has 0 aliphatic carbocycles. The number of aryl methyl sites for hydroxylation is 2. The van der Waals surface area contributed by atoms with Crippen LogP contribution in [0.1, 0.15) is 6.92 Å². The number of fused-ring (bicyclic) bond motifs is 1. The van der Waals surface area contributed by atoms with E-state index in [9.17, 15) is 14.4 Å². The molecule has 24 heavy (non-hydrogen) atoms. The van der Waals surface area contributed by atoms with E-state index in [2.05, 4.69) is 10.3 Å². The van der Waals surface area contributed by atoms with E-state index in [1.165, 1.54) is 10.9 Å². The van der Waals surface area contributed by atoms with E-state index in [-0.39, 0.29) is 30.9 Å². The second-order valence-electron chi connectivity index (χ2n) is 5.96. The van der Waals surface area contributed by atoms with E-state index in [1.54, 1.807) is 23.6 Å². The van der Waals surface area contributed by atoms with Gasteiger partial charge in [-0.2, -0.15) is 0 Å². The van der Waals surface area contributed by atoms with Crippen LogP contribution in [0.4, 0.5) is 0 Å². The van der Waals surface area contributed by atoms with Crippen molar-refractivity contribution in [2.24, 2.45) is 14.1 Å². The molecule has 1 amide bonds. The molecule has 3 heterocycles. The van der Waals surface area contributed by atoms with Gasteiger partial charge in [-0.05, 0) is 6.92 Å². The zero-order chi connectivity index (χ0) is 16.7. The van der Waals surface area contributed by atoms with Crippen molar-refractivity contribution in [1.29, 1.82) is 0 Å². The fourth-order valence-corrected chi connectivity index (χ4v) is 2.93. The molecule has 1 saturated heterocycles. The highest BCUT2D eigenvalue weighted by molar-refractivity contribution is 5.85. The lowest BCUT2D eigenvalue weighted by molar-refractivity contribution is -0.133. The van der Waals surface area contributed by atoms with Crippen LogP contribution < -0.4 is 16.6 Å². The number of nitrogens with zero attached hydrogens (tertiary/aromatic N) is 5. The molecule has 0 radical (unpaired) electrons. The fraction of sp³-hybridized carbons (Fsp3) is 0.571. The Morgan fingerprint density at radius 3 is 2.75 bits per heavy atom. The van der Waals surface area contributed by atoms with Gasteiger partial charge in [0.25, 0.3) is 5.56 Å². The van der Waals surface area contributed by atoms with Crippen LogP contribution in [0.25, 0.3) is 11.2 Å². The van der Waals surface area contributed by atoms with Gasteiger partial charge in [0.1, 0.15) is 6.54 Å². The van der Waals surface area contributed by atoms with Crippen LogP contribution in [0.15, 0.2) is 15.9 Å². The van der Waals surface area contributed by atoms with Crippen LogP contribution in [-0.4, -0.2) is 55.2 Å². The van der Waals surface area contributed by atoms with Crippen molar-refractivity contribution in [2.75, 3.05) is 19.6 Å². The summed E-state index contributed by atoms with van der Waals surface area (Å²) in [4.78, 5) is 43.2. The number of piperazine rings is 1. The molecule has 1 aliphatic rings. The van der Waals surface area contributed by atoms with Crippen molar-refractivity contribution < 1.29 is 4.79 Å². The largest absolute Gasteiger partial charge is 0.338 e. The van der Waals surface area contributed by atoms with Crippen molar-refractivity contribution in [3.8, 4) is 0 Å². The molecular weight excluding hydrogens is 336 g/mol. The minimum Gasteiger partial charge on any atom is -0.338 e. The number of carbonyl (C=O) groups is 1. The van der Waals surface area contributed by atoms with Gasteiger partial charge in [-0.1, -0.05) is 0 Å². The minimum atomic E-state index is -0.530. The molecular formula is C14H21ClN6O3. The highest BCUT2D eigenvalue weighted by atomic mass is 35.5. The average molecular weight is 357 g/mol. The predicted octanol–water partition coefficient (Wildman–Crippen LogP) is -1.32. The summed E-state index contributed by atoms with van der Waals surface area (Å²) in [6.07, 6.45) is 1.48. The summed E-state index contributed by atoms with van der Waals surface area (Å²) < 4.78 is 3.84. The molecule has 132 valence electrons. The SMILES string of the molecule is CC1CN(C(=O)Cn2c(=O)c3c(ncn3C)n(C)c2=O)CCN1.Cl. The lowest BCUT2D eigenvalue weighted by Crippen LogP contribution is -2.53. The Labute approximate surface area is 144 Å². The summed E-state index contributed by atoms with van der Waals surface area (Å²) in [7, 11) is 3.23. The zero-order valence-corrected chi connectivity index (χ0v) is 14.7. The lowest BCUT2D eigenvalue weighted by atomic mass is 10.2. The number of carbonyl (C=O) groups excluding carboxylic acids is 1. The Balaban J connectivity index is 0.00000208. The third kappa shape index (κ3) is 2.96. The molecule has 3 rings (SSSR count). The molecule has 0 aromatic carbocycles. The maximum atomic E-state index is 12.6. The Morgan fingerprint density at radius 1 is 1.38 bits per heavy atom. The van der Waals surface area contributed by atoms with Crippen LogP contribution in [0.2, 0.25) is 0 Å². The van der Waals surface area contributed by atoms with E-state index in [4.69, 9.17) is 0 Å². The molecule has 2 aromatic rings. The maximum Gasteiger partial charge on any atom is 0.332 e. The molecule has 1 aliphatic heterocycles. The molecule has 1 unspecified atom stereocenters. The van der Waals surface area contributed by atoms with Crippen LogP contribution in [0.3, 0.4) is 0 Å². The molecule has 10 heteroatoms. The first kappa shape index (κ1) is 18.2. The molecule has 9 nitrogen and oxygen atoms in total. The van der Waals surface area contributed by atoms with E-state index in [1.807, 2.05) is 6.92 Å². The topological polar surface area (TPSA) is 94.2 Å². The number of amides is 1. The van der Waals surface area contributed by atoms with Crippen LogP contribution in [-0.2, 0) is 25.4 Å². The highest BCUT2D eigenvalue weighted by Crippen LogP contribution is 2.04. The summed E-state index contributed by atoms with van der Waals surface area (Å²) in [6, 6.07) is 0.201. The number of imidazole rings is 1. The quantitative estimate of drug-likeness (QED) is 0.720. The van der Waals surface area contributed by atoms with Gasteiger partial charge >= 0.3 is 5.69 Å². The first-order chi connectivity index (χ1) is 10.9. The van der Waals surface area contributed by atoms with Gasteiger partial charge in [0.15, 0.2) is 11.2 Å². The average Bonchev–Trinajstić information content (AvgIpc) is 2.91. The molecule has 1 N–H and O–H groups in total. The first-order valence-electron chi connectivity index (χ1n) is 7.52. The highest BCUT2D eigenvalue weighted by Gasteiger charge is 2.23. The third-order valence-corrected chi connectivity index (χ3v) is 4.22. The van der Waals surface area contributed by atoms with Crippen molar-refractivity contribution in [2.45, 2.75) is 19.5 Å². The monoisotopic (exact) mass is 356 g/mol. The molecule has 0 saturated carbocycles. The summed E-state index contributed by atoms with van der Waals surface area (Å²) in [5.74, 6) is -0.223. The number of aromatic nitrogens is 4. The smallest absolute Gasteiger partial charge is 0.332 e. The third-order valence-electron chi connectivity index (χ3n) is 4.22. The molecule has 2 aromatic heterocycles. The number of hydrogen-bond donors (Lipinski definition) is 1.